The molecule has 1 heterocycles. The van der Waals surface area contributed by atoms with Gasteiger partial charge in [0, 0.05) is 36.1 Å². The quantitative estimate of drug-likeness (QED) is 0.583. The standard InChI is InChI=1S/C24H27F3N4O3/c1-15(2)28-23(34)31-11-5-7-17(14-31)22(33)29-19-9-3-6-16(12-19)21(32)30-20-10-4-8-18(13-20)24(25,26)27/h3-4,6,8-10,12-13,15,17H,5,7,11,14H2,1-2H3,(H,28,34)(H,29,33)(H,30,32)/t17-/m0/s1. The summed E-state index contributed by atoms with van der Waals surface area (Å²) in [7, 11) is 0. The molecule has 0 bridgehead atoms. The fourth-order valence-electron chi connectivity index (χ4n) is 3.67. The minimum Gasteiger partial charge on any atom is -0.336 e. The fraction of sp³-hybridized carbons (Fsp3) is 0.375. The highest BCUT2D eigenvalue weighted by Crippen LogP contribution is 2.30. The molecule has 1 fully saturated rings. The van der Waals surface area contributed by atoms with Crippen LogP contribution in [0.25, 0.3) is 0 Å². The molecular weight excluding hydrogens is 449 g/mol. The lowest BCUT2D eigenvalue weighted by atomic mass is 9.97. The third kappa shape index (κ3) is 6.72. The van der Waals surface area contributed by atoms with Crippen LogP contribution in [0.1, 0.15) is 42.6 Å². The number of rotatable bonds is 5. The molecule has 0 radical (unpaired) electrons. The zero-order chi connectivity index (χ0) is 24.9. The van der Waals surface area contributed by atoms with E-state index in [2.05, 4.69) is 16.0 Å². The van der Waals surface area contributed by atoms with Crippen LogP contribution in [0.3, 0.4) is 0 Å². The number of nitrogens with zero attached hydrogens (tertiary/aromatic N) is 1. The summed E-state index contributed by atoms with van der Waals surface area (Å²) in [6.07, 6.45) is -3.19. The van der Waals surface area contributed by atoms with E-state index in [1.165, 1.54) is 24.3 Å². The Labute approximate surface area is 195 Å². The van der Waals surface area contributed by atoms with Crippen molar-refractivity contribution in [2.45, 2.75) is 38.9 Å². The van der Waals surface area contributed by atoms with Gasteiger partial charge in [0.25, 0.3) is 5.91 Å². The van der Waals surface area contributed by atoms with Gasteiger partial charge in [-0.25, -0.2) is 4.79 Å². The van der Waals surface area contributed by atoms with Gasteiger partial charge >= 0.3 is 12.2 Å². The molecule has 1 aliphatic heterocycles. The first-order chi connectivity index (χ1) is 16.0. The summed E-state index contributed by atoms with van der Waals surface area (Å²) in [4.78, 5) is 39.2. The molecule has 10 heteroatoms. The van der Waals surface area contributed by atoms with Crippen LogP contribution in [0.5, 0.6) is 0 Å². The highest BCUT2D eigenvalue weighted by molar-refractivity contribution is 6.05. The largest absolute Gasteiger partial charge is 0.416 e. The van der Waals surface area contributed by atoms with Gasteiger partial charge in [0.15, 0.2) is 0 Å². The van der Waals surface area contributed by atoms with Crippen molar-refractivity contribution in [3.63, 3.8) is 0 Å². The second-order valence-corrected chi connectivity index (χ2v) is 8.49. The Bertz CT molecular complexity index is 1060. The normalized spacial score (nSPS) is 16.2. The lowest BCUT2D eigenvalue weighted by Crippen LogP contribution is -2.49. The first kappa shape index (κ1) is 25.1. The number of halogens is 3. The van der Waals surface area contributed by atoms with Gasteiger partial charge in [-0.2, -0.15) is 13.2 Å². The summed E-state index contributed by atoms with van der Waals surface area (Å²) in [6.45, 7) is 4.60. The van der Waals surface area contributed by atoms with Crippen LogP contribution in [-0.4, -0.2) is 41.9 Å². The molecule has 0 aromatic heterocycles. The predicted octanol–water partition coefficient (Wildman–Crippen LogP) is 4.73. The van der Waals surface area contributed by atoms with E-state index in [9.17, 15) is 27.6 Å². The van der Waals surface area contributed by atoms with Crippen molar-refractivity contribution >= 4 is 29.2 Å². The van der Waals surface area contributed by atoms with Crippen LogP contribution in [0.2, 0.25) is 0 Å². The van der Waals surface area contributed by atoms with E-state index in [1.54, 1.807) is 17.0 Å². The minimum absolute atomic E-state index is 0.00785. The molecule has 1 aliphatic rings. The minimum atomic E-state index is -4.52. The number of carbonyl (C=O) groups excluding carboxylic acids is 3. The van der Waals surface area contributed by atoms with Crippen molar-refractivity contribution < 1.29 is 27.6 Å². The summed E-state index contributed by atoms with van der Waals surface area (Å²) in [5.74, 6) is -1.27. The molecular formula is C24H27F3N4O3. The second-order valence-electron chi connectivity index (χ2n) is 8.49. The molecule has 7 nitrogen and oxygen atoms in total. The molecule has 3 rings (SSSR count). The number of nitrogens with one attached hydrogen (secondary N) is 3. The number of hydrogen-bond acceptors (Lipinski definition) is 3. The lowest BCUT2D eigenvalue weighted by molar-refractivity contribution is -0.137. The van der Waals surface area contributed by atoms with Crippen molar-refractivity contribution in [3.05, 3.63) is 59.7 Å². The van der Waals surface area contributed by atoms with E-state index in [-0.39, 0.29) is 29.2 Å². The molecule has 34 heavy (non-hydrogen) atoms. The zero-order valence-corrected chi connectivity index (χ0v) is 18.9. The molecule has 2 aromatic rings. The number of anilines is 2. The second kappa shape index (κ2) is 10.6. The van der Waals surface area contributed by atoms with Gasteiger partial charge in [0.1, 0.15) is 0 Å². The van der Waals surface area contributed by atoms with E-state index in [0.29, 0.717) is 31.6 Å². The third-order valence-electron chi connectivity index (χ3n) is 5.33. The number of hydrogen-bond donors (Lipinski definition) is 3. The number of alkyl halides is 3. The Kier molecular flexibility index (Phi) is 7.80. The SMILES string of the molecule is CC(C)NC(=O)N1CCC[C@H](C(=O)Nc2cccc(C(=O)Nc3cccc(C(F)(F)F)c3)c2)C1. The molecule has 4 amide bonds. The van der Waals surface area contributed by atoms with Gasteiger partial charge < -0.3 is 20.9 Å². The summed E-state index contributed by atoms with van der Waals surface area (Å²) in [5, 5.41) is 8.04. The Morgan fingerprint density at radius 3 is 2.35 bits per heavy atom. The van der Waals surface area contributed by atoms with E-state index in [4.69, 9.17) is 0 Å². The molecule has 0 unspecified atom stereocenters. The maximum absolute atomic E-state index is 12.9. The maximum Gasteiger partial charge on any atom is 0.416 e. The van der Waals surface area contributed by atoms with Crippen LogP contribution in [0.15, 0.2) is 48.5 Å². The van der Waals surface area contributed by atoms with Crippen molar-refractivity contribution in [2.24, 2.45) is 5.92 Å². The van der Waals surface area contributed by atoms with Crippen LogP contribution >= 0.6 is 0 Å². The molecule has 2 aromatic carbocycles. The summed E-state index contributed by atoms with van der Waals surface area (Å²) >= 11 is 0. The molecule has 0 spiro atoms. The van der Waals surface area contributed by atoms with Gasteiger partial charge in [-0.3, -0.25) is 9.59 Å². The van der Waals surface area contributed by atoms with Crippen molar-refractivity contribution in [3.8, 4) is 0 Å². The van der Waals surface area contributed by atoms with Gasteiger partial charge in [-0.15, -0.1) is 0 Å². The number of urea groups is 1. The number of likely N-dealkylation sites (tertiary alicyclic amines) is 1. The monoisotopic (exact) mass is 476 g/mol. The number of piperidine rings is 1. The molecule has 3 N–H and O–H groups in total. The van der Waals surface area contributed by atoms with Gasteiger partial charge in [0.05, 0.1) is 11.5 Å². The van der Waals surface area contributed by atoms with Crippen LogP contribution in [-0.2, 0) is 11.0 Å². The average Bonchev–Trinajstić information content (AvgIpc) is 2.78. The Morgan fingerprint density at radius 1 is 1.00 bits per heavy atom. The highest BCUT2D eigenvalue weighted by Gasteiger charge is 2.31. The van der Waals surface area contributed by atoms with E-state index < -0.39 is 23.6 Å². The first-order valence-electron chi connectivity index (χ1n) is 11.0. The van der Waals surface area contributed by atoms with Crippen LogP contribution < -0.4 is 16.0 Å². The number of carbonyl (C=O) groups is 3. The van der Waals surface area contributed by atoms with Crippen molar-refractivity contribution in [1.82, 2.24) is 10.2 Å². The summed E-state index contributed by atoms with van der Waals surface area (Å²) in [5.41, 5.74) is -0.298. The number of amides is 4. The topological polar surface area (TPSA) is 90.5 Å². The molecule has 1 saturated heterocycles. The number of benzene rings is 2. The smallest absolute Gasteiger partial charge is 0.336 e. The van der Waals surface area contributed by atoms with Gasteiger partial charge in [-0.05, 0) is 63.1 Å². The third-order valence-corrected chi connectivity index (χ3v) is 5.33. The lowest BCUT2D eigenvalue weighted by Gasteiger charge is -2.32. The average molecular weight is 476 g/mol. The molecule has 1 atom stereocenters. The Hall–Kier alpha value is -3.56. The van der Waals surface area contributed by atoms with Crippen LogP contribution in [0, 0.1) is 5.92 Å². The molecule has 182 valence electrons. The maximum atomic E-state index is 12.9. The van der Waals surface area contributed by atoms with Gasteiger partial charge in [0.2, 0.25) is 5.91 Å². The zero-order valence-electron chi connectivity index (χ0n) is 18.9. The Balaban J connectivity index is 1.63. The summed E-state index contributed by atoms with van der Waals surface area (Å²) < 4.78 is 38.7. The molecule has 0 saturated carbocycles. The van der Waals surface area contributed by atoms with Crippen molar-refractivity contribution in [2.75, 3.05) is 23.7 Å². The molecule has 0 aliphatic carbocycles. The summed E-state index contributed by atoms with van der Waals surface area (Å²) in [6, 6.07) is 10.3. The van der Waals surface area contributed by atoms with E-state index >= 15 is 0 Å². The fourth-order valence-corrected chi connectivity index (χ4v) is 3.67. The van der Waals surface area contributed by atoms with E-state index in [1.807, 2.05) is 13.8 Å². The highest BCUT2D eigenvalue weighted by atomic mass is 19.4. The van der Waals surface area contributed by atoms with Crippen LogP contribution in [0.4, 0.5) is 29.3 Å². The van der Waals surface area contributed by atoms with Gasteiger partial charge in [-0.1, -0.05) is 12.1 Å². The van der Waals surface area contributed by atoms with E-state index in [0.717, 1.165) is 12.1 Å². The van der Waals surface area contributed by atoms with Crippen molar-refractivity contribution in [1.29, 1.82) is 0 Å². The Morgan fingerprint density at radius 2 is 1.68 bits per heavy atom. The first-order valence-corrected chi connectivity index (χ1v) is 11.0. The predicted molar refractivity (Wildman–Crippen MR) is 122 cm³/mol.